The van der Waals surface area contributed by atoms with Crippen molar-refractivity contribution < 1.29 is 22.7 Å². The van der Waals surface area contributed by atoms with Gasteiger partial charge in [0, 0.05) is 74.0 Å². The van der Waals surface area contributed by atoms with Gasteiger partial charge in [0.15, 0.2) is 9.84 Å². The third kappa shape index (κ3) is 7.30. The maximum absolute atomic E-state index is 13.5. The predicted molar refractivity (Wildman–Crippen MR) is 215 cm³/mol. The molecule has 56 heavy (non-hydrogen) atoms. The van der Waals surface area contributed by atoms with Gasteiger partial charge < -0.3 is 25.2 Å². The van der Waals surface area contributed by atoms with Gasteiger partial charge in [-0.3, -0.25) is 19.9 Å². The largest absolute Gasteiger partial charge is 0.474 e. The Hall–Kier alpha value is -5.48. The van der Waals surface area contributed by atoms with Gasteiger partial charge in [-0.1, -0.05) is 12.1 Å². The number of pyridine rings is 1. The van der Waals surface area contributed by atoms with Gasteiger partial charge in [0.2, 0.25) is 17.7 Å². The van der Waals surface area contributed by atoms with Crippen LogP contribution >= 0.6 is 0 Å². The Kier molecular flexibility index (Phi) is 9.61. The van der Waals surface area contributed by atoms with Crippen molar-refractivity contribution in [1.82, 2.24) is 25.2 Å². The molecule has 9 rings (SSSR count). The lowest BCUT2D eigenvalue weighted by Gasteiger charge is -2.48. The average molecular weight is 779 g/mol. The fraction of sp³-hybridized carbons (Fsp3) is 0.425. The molecule has 0 unspecified atom stereocenters. The third-order valence-electron chi connectivity index (χ3n) is 11.7. The molecule has 5 aliphatic rings. The molecular weight excluding hydrogens is 733 g/mol. The summed E-state index contributed by atoms with van der Waals surface area (Å²) in [5, 5.41) is 8.74. The quantitative estimate of drug-likeness (QED) is 0.224. The van der Waals surface area contributed by atoms with E-state index in [2.05, 4.69) is 47.5 Å². The number of carbonyl (C=O) groups excluding carboxylic acids is 2. The number of urea groups is 1. The van der Waals surface area contributed by atoms with Crippen LogP contribution in [0.1, 0.15) is 41.6 Å². The van der Waals surface area contributed by atoms with Crippen molar-refractivity contribution in [2.24, 2.45) is 0 Å². The molecule has 3 N–H and O–H groups in total. The monoisotopic (exact) mass is 778 g/mol. The Morgan fingerprint density at radius 3 is 2.43 bits per heavy atom. The summed E-state index contributed by atoms with van der Waals surface area (Å²) in [4.78, 5) is 46.3. The summed E-state index contributed by atoms with van der Waals surface area (Å²) in [6, 6.07) is 15.4. The van der Waals surface area contributed by atoms with Crippen LogP contribution in [0.15, 0.2) is 60.9 Å². The zero-order valence-corrected chi connectivity index (χ0v) is 32.2. The Morgan fingerprint density at radius 1 is 0.893 bits per heavy atom. The molecule has 0 spiro atoms. The maximum atomic E-state index is 13.5. The molecule has 292 valence electrons. The summed E-state index contributed by atoms with van der Waals surface area (Å²) in [5.74, 6) is 0.930. The highest BCUT2D eigenvalue weighted by molar-refractivity contribution is 7.91. The first kappa shape index (κ1) is 36.2. The molecule has 16 heteroatoms. The molecule has 0 radical (unpaired) electrons. The van der Waals surface area contributed by atoms with E-state index in [4.69, 9.17) is 9.72 Å². The number of piperidine rings is 1. The maximum Gasteiger partial charge on any atom is 0.328 e. The van der Waals surface area contributed by atoms with Gasteiger partial charge in [0.05, 0.1) is 35.1 Å². The number of imide groups is 1. The number of likely N-dealkylation sites (tertiary alicyclic amines) is 1. The first-order valence-electron chi connectivity index (χ1n) is 19.4. The van der Waals surface area contributed by atoms with Crippen LogP contribution in [0.25, 0.3) is 0 Å². The molecule has 0 saturated carbocycles. The van der Waals surface area contributed by atoms with Gasteiger partial charge in [-0.05, 0) is 86.8 Å². The number of benzene rings is 2. The molecular formula is C40H46N10O5S. The zero-order valence-electron chi connectivity index (χ0n) is 31.4. The number of anilines is 6. The standard InChI is InChI=1S/C40H46N10O5S/c1-26-35(21-42-38-37(26)41-14-19-55-38)48-15-10-28-20-43-39(45-34(28)24-48)44-29-4-2-27(3-5-29)25-56(53,54)33-11-16-47(17-12-33)32-22-49(23-32)30-6-8-31(9-7-30)50-18-13-36(51)46-40(50)52/h2-9,20-21,32-33,41H,10-19,22-25H2,1H3,(H,43,44,45)(H,46,51,52). The lowest BCUT2D eigenvalue weighted by molar-refractivity contribution is -0.120. The minimum atomic E-state index is -3.32. The summed E-state index contributed by atoms with van der Waals surface area (Å²) in [5.41, 5.74) is 8.66. The van der Waals surface area contributed by atoms with Gasteiger partial charge in [0.25, 0.3) is 0 Å². The van der Waals surface area contributed by atoms with Crippen LogP contribution in [0.5, 0.6) is 5.88 Å². The molecule has 7 heterocycles. The average Bonchev–Trinajstić information content (AvgIpc) is 3.19. The van der Waals surface area contributed by atoms with E-state index in [0.29, 0.717) is 56.8 Å². The molecule has 2 aromatic heterocycles. The Labute approximate surface area is 326 Å². The smallest absolute Gasteiger partial charge is 0.328 e. The van der Waals surface area contributed by atoms with E-state index in [-0.39, 0.29) is 22.9 Å². The van der Waals surface area contributed by atoms with Crippen molar-refractivity contribution in [2.45, 2.75) is 56.2 Å². The number of hydrogen-bond acceptors (Lipinski definition) is 13. The van der Waals surface area contributed by atoms with Crippen LogP contribution in [-0.4, -0.2) is 104 Å². The first-order chi connectivity index (χ1) is 27.2. The third-order valence-corrected chi connectivity index (χ3v) is 14.0. The highest BCUT2D eigenvalue weighted by atomic mass is 32.2. The lowest BCUT2D eigenvalue weighted by atomic mass is 10.0. The molecule has 0 aliphatic carbocycles. The molecule has 0 atom stereocenters. The van der Waals surface area contributed by atoms with Gasteiger partial charge in [-0.2, -0.15) is 0 Å². The summed E-state index contributed by atoms with van der Waals surface area (Å²) >= 11 is 0. The van der Waals surface area contributed by atoms with Crippen LogP contribution in [0.4, 0.5) is 39.2 Å². The Morgan fingerprint density at radius 2 is 1.66 bits per heavy atom. The molecule has 3 amide bonds. The minimum Gasteiger partial charge on any atom is -0.474 e. The SMILES string of the molecule is Cc1c(N2CCc3cnc(Nc4ccc(CS(=O)(=O)C5CCN(C6CN(c7ccc(N8CCC(=O)NC8=O)cc7)C6)CC5)cc4)nc3C2)cnc2c1NCCO2. The van der Waals surface area contributed by atoms with Crippen LogP contribution in [0.3, 0.4) is 0 Å². The number of amides is 3. The predicted octanol–water partition coefficient (Wildman–Crippen LogP) is 4.00. The van der Waals surface area contributed by atoms with Gasteiger partial charge in [0.1, 0.15) is 12.3 Å². The fourth-order valence-corrected chi connectivity index (χ4v) is 10.2. The molecule has 15 nitrogen and oxygen atoms in total. The molecule has 2 aromatic carbocycles. The number of rotatable bonds is 9. The van der Waals surface area contributed by atoms with E-state index < -0.39 is 9.84 Å². The number of hydrogen-bond donors (Lipinski definition) is 3. The van der Waals surface area contributed by atoms with Gasteiger partial charge in [-0.15, -0.1) is 0 Å². The lowest BCUT2D eigenvalue weighted by Crippen LogP contribution is -2.61. The Bertz CT molecular complexity index is 2240. The van der Waals surface area contributed by atoms with Crippen molar-refractivity contribution in [3.8, 4) is 5.88 Å². The number of nitrogens with one attached hydrogen (secondary N) is 3. The number of sulfone groups is 1. The molecule has 5 aliphatic heterocycles. The molecule has 4 aromatic rings. The van der Waals surface area contributed by atoms with Crippen molar-refractivity contribution in [3.63, 3.8) is 0 Å². The number of aromatic nitrogens is 3. The van der Waals surface area contributed by atoms with Crippen LogP contribution in [0.2, 0.25) is 0 Å². The topological polar surface area (TPSA) is 165 Å². The van der Waals surface area contributed by atoms with Crippen molar-refractivity contribution in [3.05, 3.63) is 83.3 Å². The second kappa shape index (κ2) is 14.9. The van der Waals surface area contributed by atoms with E-state index in [1.54, 1.807) is 4.90 Å². The second-order valence-corrected chi connectivity index (χ2v) is 17.5. The summed E-state index contributed by atoms with van der Waals surface area (Å²) < 4.78 is 32.8. The van der Waals surface area contributed by atoms with E-state index in [1.165, 1.54) is 0 Å². The molecule has 3 fully saturated rings. The zero-order chi connectivity index (χ0) is 38.4. The van der Waals surface area contributed by atoms with E-state index in [9.17, 15) is 18.0 Å². The second-order valence-electron chi connectivity index (χ2n) is 15.3. The normalized spacial score (nSPS) is 19.3. The van der Waals surface area contributed by atoms with E-state index >= 15 is 0 Å². The summed E-state index contributed by atoms with van der Waals surface area (Å²) in [7, 11) is -3.32. The number of ether oxygens (including phenoxy) is 1. The van der Waals surface area contributed by atoms with Crippen LogP contribution in [0, 0.1) is 6.92 Å². The van der Waals surface area contributed by atoms with E-state index in [0.717, 1.165) is 96.5 Å². The van der Waals surface area contributed by atoms with Crippen molar-refractivity contribution >= 4 is 56.2 Å². The summed E-state index contributed by atoms with van der Waals surface area (Å²) in [6.45, 7) is 8.63. The van der Waals surface area contributed by atoms with Gasteiger partial charge in [-0.25, -0.2) is 28.2 Å². The molecule has 0 bridgehead atoms. The molecule has 3 saturated heterocycles. The fourth-order valence-electron chi connectivity index (χ4n) is 8.41. The number of nitrogens with zero attached hydrogens (tertiary/aromatic N) is 7. The summed E-state index contributed by atoms with van der Waals surface area (Å²) in [6.07, 6.45) is 6.18. The number of fused-ring (bicyclic) bond motifs is 2. The van der Waals surface area contributed by atoms with Crippen molar-refractivity contribution in [2.75, 3.05) is 77.8 Å². The van der Waals surface area contributed by atoms with Gasteiger partial charge >= 0.3 is 6.03 Å². The number of carbonyl (C=O) groups is 2. The van der Waals surface area contributed by atoms with Crippen LogP contribution < -0.4 is 35.4 Å². The first-order valence-corrected chi connectivity index (χ1v) is 21.1. The highest BCUT2D eigenvalue weighted by Gasteiger charge is 2.37. The minimum absolute atomic E-state index is 0.0182. The Balaban J connectivity index is 0.748. The van der Waals surface area contributed by atoms with Crippen molar-refractivity contribution in [1.29, 1.82) is 0 Å². The highest BCUT2D eigenvalue weighted by Crippen LogP contribution is 2.36. The van der Waals surface area contributed by atoms with E-state index in [1.807, 2.05) is 60.9 Å². The van der Waals surface area contributed by atoms with Crippen LogP contribution in [-0.2, 0) is 33.4 Å².